The summed E-state index contributed by atoms with van der Waals surface area (Å²) in [4.78, 5) is 18.5. The number of aliphatic hydroxyl groups is 1. The fraction of sp³-hybridized carbons (Fsp3) is 0.692. The molecule has 1 aromatic heterocycles. The van der Waals surface area contributed by atoms with E-state index in [1.165, 1.54) is 12.6 Å². The summed E-state index contributed by atoms with van der Waals surface area (Å²) in [5.74, 6) is 0.516. The van der Waals surface area contributed by atoms with Crippen molar-refractivity contribution in [3.8, 4) is 0 Å². The number of nitro groups is 1. The molecule has 0 radical (unpaired) electrons. The summed E-state index contributed by atoms with van der Waals surface area (Å²) in [6, 6.07) is 0. The van der Waals surface area contributed by atoms with Gasteiger partial charge in [0.2, 0.25) is 11.8 Å². The van der Waals surface area contributed by atoms with Gasteiger partial charge in [0.1, 0.15) is 6.20 Å². The molecule has 0 atom stereocenters. The van der Waals surface area contributed by atoms with E-state index < -0.39 is 4.92 Å². The number of aromatic nitrogens is 2. The van der Waals surface area contributed by atoms with Crippen LogP contribution in [0.15, 0.2) is 6.20 Å². The molecular formula is C13H21N5O3. The average molecular weight is 295 g/mol. The molecule has 1 aliphatic rings. The number of anilines is 2. The van der Waals surface area contributed by atoms with E-state index in [2.05, 4.69) is 20.6 Å². The monoisotopic (exact) mass is 295 g/mol. The molecule has 0 spiro atoms. The summed E-state index contributed by atoms with van der Waals surface area (Å²) in [5.41, 5.74) is -0.366. The third-order valence-electron chi connectivity index (χ3n) is 4.07. The Morgan fingerprint density at radius 3 is 2.71 bits per heavy atom. The van der Waals surface area contributed by atoms with Crippen LogP contribution in [0.5, 0.6) is 0 Å². The Morgan fingerprint density at radius 1 is 1.43 bits per heavy atom. The van der Waals surface area contributed by atoms with Gasteiger partial charge in [-0.2, -0.15) is 4.98 Å². The van der Waals surface area contributed by atoms with Gasteiger partial charge in [-0.25, -0.2) is 4.98 Å². The van der Waals surface area contributed by atoms with E-state index in [1.807, 2.05) is 0 Å². The van der Waals surface area contributed by atoms with Crippen LogP contribution >= 0.6 is 0 Å². The number of nitrogens with one attached hydrogen (secondary N) is 2. The maximum absolute atomic E-state index is 11.0. The van der Waals surface area contributed by atoms with E-state index in [9.17, 15) is 15.2 Å². The molecule has 116 valence electrons. The summed E-state index contributed by atoms with van der Waals surface area (Å²) in [7, 11) is 1.65. The molecule has 2 rings (SSSR count). The molecule has 8 heteroatoms. The lowest BCUT2D eigenvalue weighted by molar-refractivity contribution is -0.384. The van der Waals surface area contributed by atoms with Crippen molar-refractivity contribution < 1.29 is 10.0 Å². The fourth-order valence-electron chi connectivity index (χ4n) is 2.72. The van der Waals surface area contributed by atoms with Crippen LogP contribution in [0, 0.1) is 15.5 Å². The maximum Gasteiger partial charge on any atom is 0.329 e. The molecule has 1 heterocycles. The molecule has 3 N–H and O–H groups in total. The molecular weight excluding hydrogens is 274 g/mol. The molecule has 8 nitrogen and oxygen atoms in total. The van der Waals surface area contributed by atoms with Crippen molar-refractivity contribution >= 4 is 17.5 Å². The standard InChI is InChI=1S/C13H21N5O3/c1-14-12-15-7-10(18(20)21)11(17-12)16-8-13(9-19)5-3-2-4-6-13/h7,19H,2-6,8-9H2,1H3,(H2,14,15,16,17). The lowest BCUT2D eigenvalue weighted by atomic mass is 9.74. The van der Waals surface area contributed by atoms with Crippen LogP contribution in [-0.4, -0.2) is 40.2 Å². The van der Waals surface area contributed by atoms with E-state index in [4.69, 9.17) is 0 Å². The number of aliphatic hydroxyl groups excluding tert-OH is 1. The van der Waals surface area contributed by atoms with E-state index in [0.29, 0.717) is 12.5 Å². The second-order valence-electron chi connectivity index (χ2n) is 5.51. The lowest BCUT2D eigenvalue weighted by Gasteiger charge is -2.35. The fourth-order valence-corrected chi connectivity index (χ4v) is 2.72. The van der Waals surface area contributed by atoms with Crippen LogP contribution in [0.4, 0.5) is 17.5 Å². The second-order valence-corrected chi connectivity index (χ2v) is 5.51. The van der Waals surface area contributed by atoms with Gasteiger partial charge >= 0.3 is 5.69 Å². The summed E-state index contributed by atoms with van der Waals surface area (Å²) in [6.45, 7) is 0.558. The largest absolute Gasteiger partial charge is 0.396 e. The zero-order chi connectivity index (χ0) is 15.3. The lowest BCUT2D eigenvalue weighted by Crippen LogP contribution is -2.35. The normalized spacial score (nSPS) is 17.2. The van der Waals surface area contributed by atoms with Gasteiger partial charge < -0.3 is 15.7 Å². The van der Waals surface area contributed by atoms with Gasteiger partial charge in [-0.15, -0.1) is 0 Å². The van der Waals surface area contributed by atoms with Gasteiger partial charge in [-0.05, 0) is 12.8 Å². The Morgan fingerprint density at radius 2 is 2.14 bits per heavy atom. The Labute approximate surface area is 123 Å². The highest BCUT2D eigenvalue weighted by Crippen LogP contribution is 2.36. The van der Waals surface area contributed by atoms with Crippen molar-refractivity contribution in [2.24, 2.45) is 5.41 Å². The average Bonchev–Trinajstić information content (AvgIpc) is 2.53. The van der Waals surface area contributed by atoms with Crippen molar-refractivity contribution in [1.82, 2.24) is 9.97 Å². The minimum atomic E-state index is -0.506. The molecule has 0 aliphatic heterocycles. The van der Waals surface area contributed by atoms with Gasteiger partial charge in [0.05, 0.1) is 11.5 Å². The summed E-state index contributed by atoms with van der Waals surface area (Å²) >= 11 is 0. The zero-order valence-electron chi connectivity index (χ0n) is 12.1. The zero-order valence-corrected chi connectivity index (χ0v) is 12.1. The number of hydrogen-bond acceptors (Lipinski definition) is 7. The highest BCUT2D eigenvalue weighted by atomic mass is 16.6. The smallest absolute Gasteiger partial charge is 0.329 e. The van der Waals surface area contributed by atoms with Crippen LogP contribution in [0.1, 0.15) is 32.1 Å². The van der Waals surface area contributed by atoms with Gasteiger partial charge in [-0.1, -0.05) is 19.3 Å². The first-order valence-corrected chi connectivity index (χ1v) is 7.14. The molecule has 1 fully saturated rings. The maximum atomic E-state index is 11.0. The molecule has 1 saturated carbocycles. The topological polar surface area (TPSA) is 113 Å². The molecule has 21 heavy (non-hydrogen) atoms. The summed E-state index contributed by atoms with van der Waals surface area (Å²) in [5, 5.41) is 26.5. The molecule has 1 aliphatic carbocycles. The molecule has 0 amide bonds. The predicted molar refractivity (Wildman–Crippen MR) is 79.3 cm³/mol. The van der Waals surface area contributed by atoms with Gasteiger partial charge in [0, 0.05) is 19.0 Å². The van der Waals surface area contributed by atoms with Crippen molar-refractivity contribution in [3.63, 3.8) is 0 Å². The molecule has 1 aromatic rings. The Bertz CT molecular complexity index is 503. The quantitative estimate of drug-likeness (QED) is 0.541. The third kappa shape index (κ3) is 3.57. The van der Waals surface area contributed by atoms with Gasteiger partial charge in [0.25, 0.3) is 0 Å². The van der Waals surface area contributed by atoms with E-state index in [-0.39, 0.29) is 23.5 Å². The predicted octanol–water partition coefficient (Wildman–Crippen LogP) is 1.78. The summed E-state index contributed by atoms with van der Waals surface area (Å²) < 4.78 is 0. The number of nitrogens with zero attached hydrogens (tertiary/aromatic N) is 3. The molecule has 0 bridgehead atoms. The van der Waals surface area contributed by atoms with Crippen molar-refractivity contribution in [1.29, 1.82) is 0 Å². The first-order chi connectivity index (χ1) is 10.1. The number of rotatable bonds is 6. The van der Waals surface area contributed by atoms with E-state index in [0.717, 1.165) is 25.7 Å². The Balaban J connectivity index is 2.15. The van der Waals surface area contributed by atoms with Gasteiger partial charge in [0.15, 0.2) is 0 Å². The van der Waals surface area contributed by atoms with Crippen LogP contribution in [0.2, 0.25) is 0 Å². The molecule has 0 aromatic carbocycles. The van der Waals surface area contributed by atoms with Crippen molar-refractivity contribution in [2.45, 2.75) is 32.1 Å². The second kappa shape index (κ2) is 6.66. The van der Waals surface area contributed by atoms with Crippen LogP contribution in [-0.2, 0) is 0 Å². The minimum absolute atomic E-state index is 0.0811. The molecule has 0 unspecified atom stereocenters. The third-order valence-corrected chi connectivity index (χ3v) is 4.07. The minimum Gasteiger partial charge on any atom is -0.396 e. The highest BCUT2D eigenvalue weighted by molar-refractivity contribution is 5.57. The Hall–Kier alpha value is -1.96. The highest BCUT2D eigenvalue weighted by Gasteiger charge is 2.32. The van der Waals surface area contributed by atoms with Crippen LogP contribution in [0.3, 0.4) is 0 Å². The van der Waals surface area contributed by atoms with E-state index >= 15 is 0 Å². The number of hydrogen-bond donors (Lipinski definition) is 3. The molecule has 0 saturated heterocycles. The van der Waals surface area contributed by atoms with Gasteiger partial charge in [-0.3, -0.25) is 10.1 Å². The SMILES string of the molecule is CNc1ncc([N+](=O)[O-])c(NCC2(CO)CCCCC2)n1. The van der Waals surface area contributed by atoms with Crippen molar-refractivity contribution in [3.05, 3.63) is 16.3 Å². The van der Waals surface area contributed by atoms with Crippen LogP contribution < -0.4 is 10.6 Å². The summed E-state index contributed by atoms with van der Waals surface area (Å²) in [6.07, 6.45) is 6.38. The van der Waals surface area contributed by atoms with Crippen LogP contribution in [0.25, 0.3) is 0 Å². The van der Waals surface area contributed by atoms with E-state index in [1.54, 1.807) is 7.05 Å². The first-order valence-electron chi connectivity index (χ1n) is 7.14. The first kappa shape index (κ1) is 15.4. The Kier molecular flexibility index (Phi) is 4.89. The van der Waals surface area contributed by atoms with Crippen molar-refractivity contribution in [2.75, 3.05) is 30.8 Å².